The summed E-state index contributed by atoms with van der Waals surface area (Å²) >= 11 is 6.78. The van der Waals surface area contributed by atoms with Crippen LogP contribution >= 0.6 is 31.9 Å². The third-order valence-electron chi connectivity index (χ3n) is 3.88. The number of benzene rings is 2. The van der Waals surface area contributed by atoms with E-state index >= 15 is 0 Å². The van der Waals surface area contributed by atoms with Gasteiger partial charge in [-0.05, 0) is 71.6 Å². The lowest BCUT2D eigenvalue weighted by Crippen LogP contribution is -2.48. The number of halogens is 2. The van der Waals surface area contributed by atoms with Crippen LogP contribution in [0.5, 0.6) is 11.5 Å². The van der Waals surface area contributed by atoms with Crippen molar-refractivity contribution in [3.63, 3.8) is 0 Å². The molecular weight excluding hydrogens is 492 g/mol. The molecule has 28 heavy (non-hydrogen) atoms. The zero-order valence-corrected chi connectivity index (χ0v) is 19.0. The highest BCUT2D eigenvalue weighted by atomic mass is 79.9. The average Bonchev–Trinajstić information content (AvgIpc) is 2.65. The highest BCUT2D eigenvalue weighted by Crippen LogP contribution is 2.32. The SMILES string of the molecule is CCc1ccc(OC(C)C(=O)NNC(=O)COc2c(C)cc(Br)cc2Br)cc1. The smallest absolute Gasteiger partial charge is 0.279 e. The van der Waals surface area contributed by atoms with Crippen molar-refractivity contribution < 1.29 is 19.1 Å². The van der Waals surface area contributed by atoms with Gasteiger partial charge in [-0.3, -0.25) is 20.4 Å². The summed E-state index contributed by atoms with van der Waals surface area (Å²) in [6.45, 7) is 5.30. The van der Waals surface area contributed by atoms with Crippen LogP contribution in [-0.2, 0) is 16.0 Å². The quantitative estimate of drug-likeness (QED) is 0.547. The van der Waals surface area contributed by atoms with Gasteiger partial charge in [0.2, 0.25) is 0 Å². The Hall–Kier alpha value is -2.06. The summed E-state index contributed by atoms with van der Waals surface area (Å²) in [4.78, 5) is 24.0. The van der Waals surface area contributed by atoms with Gasteiger partial charge in [0.05, 0.1) is 4.47 Å². The molecule has 0 saturated heterocycles. The molecule has 0 spiro atoms. The summed E-state index contributed by atoms with van der Waals surface area (Å²) in [5, 5.41) is 0. The molecule has 2 rings (SSSR count). The maximum atomic E-state index is 12.1. The Morgan fingerprint density at radius 3 is 2.39 bits per heavy atom. The number of amides is 2. The molecule has 0 aromatic heterocycles. The van der Waals surface area contributed by atoms with Crippen LogP contribution in [0.25, 0.3) is 0 Å². The minimum absolute atomic E-state index is 0.241. The Balaban J connectivity index is 1.79. The number of hydrogen-bond acceptors (Lipinski definition) is 4. The first-order valence-electron chi connectivity index (χ1n) is 8.73. The van der Waals surface area contributed by atoms with E-state index in [4.69, 9.17) is 9.47 Å². The molecule has 1 unspecified atom stereocenters. The number of nitrogens with one attached hydrogen (secondary N) is 2. The molecule has 6 nitrogen and oxygen atoms in total. The van der Waals surface area contributed by atoms with Crippen molar-refractivity contribution in [3.8, 4) is 11.5 Å². The zero-order chi connectivity index (χ0) is 20.7. The van der Waals surface area contributed by atoms with Crippen molar-refractivity contribution in [2.45, 2.75) is 33.3 Å². The molecule has 0 fully saturated rings. The lowest BCUT2D eigenvalue weighted by molar-refractivity contribution is -0.133. The molecule has 8 heteroatoms. The highest BCUT2D eigenvalue weighted by molar-refractivity contribution is 9.11. The van der Waals surface area contributed by atoms with Crippen molar-refractivity contribution in [3.05, 3.63) is 56.5 Å². The molecule has 0 radical (unpaired) electrons. The van der Waals surface area contributed by atoms with Crippen LogP contribution in [0.2, 0.25) is 0 Å². The van der Waals surface area contributed by atoms with Crippen LogP contribution in [0, 0.1) is 6.92 Å². The molecule has 0 aliphatic carbocycles. The number of rotatable bonds is 7. The predicted octanol–water partition coefficient (Wildman–Crippen LogP) is 4.08. The standard InChI is InChI=1S/C20H22Br2N2O4/c1-4-14-5-7-16(8-6-14)28-13(3)20(26)24-23-18(25)11-27-19-12(2)9-15(21)10-17(19)22/h5-10,13H,4,11H2,1-3H3,(H,23,25)(H,24,26). The van der Waals surface area contributed by atoms with E-state index in [0.717, 1.165) is 20.9 Å². The molecule has 0 bridgehead atoms. The summed E-state index contributed by atoms with van der Waals surface area (Å²) in [6, 6.07) is 11.2. The Morgan fingerprint density at radius 1 is 1.11 bits per heavy atom. The molecule has 2 aromatic rings. The molecule has 2 aromatic carbocycles. The lowest BCUT2D eigenvalue weighted by Gasteiger charge is -2.16. The highest BCUT2D eigenvalue weighted by Gasteiger charge is 2.16. The number of carbonyl (C=O) groups is 2. The van der Waals surface area contributed by atoms with E-state index in [1.54, 1.807) is 6.92 Å². The Morgan fingerprint density at radius 2 is 1.79 bits per heavy atom. The van der Waals surface area contributed by atoms with Crippen molar-refractivity contribution in [1.82, 2.24) is 10.9 Å². The second-order valence-electron chi connectivity index (χ2n) is 6.12. The van der Waals surface area contributed by atoms with Crippen LogP contribution < -0.4 is 20.3 Å². The van der Waals surface area contributed by atoms with Gasteiger partial charge in [0.25, 0.3) is 11.8 Å². The van der Waals surface area contributed by atoms with Crippen LogP contribution in [-0.4, -0.2) is 24.5 Å². The molecule has 1 atom stereocenters. The number of ether oxygens (including phenoxy) is 2. The van der Waals surface area contributed by atoms with E-state index in [-0.39, 0.29) is 6.61 Å². The summed E-state index contributed by atoms with van der Waals surface area (Å²) in [7, 11) is 0. The Labute approximate surface area is 181 Å². The van der Waals surface area contributed by atoms with Gasteiger partial charge >= 0.3 is 0 Å². The van der Waals surface area contributed by atoms with Crippen LogP contribution in [0.1, 0.15) is 25.0 Å². The van der Waals surface area contributed by atoms with Crippen molar-refractivity contribution in [1.29, 1.82) is 0 Å². The first-order chi connectivity index (χ1) is 13.3. The molecular formula is C20H22Br2N2O4. The Kier molecular flexibility index (Phi) is 8.32. The summed E-state index contributed by atoms with van der Waals surface area (Å²) in [5.74, 6) is 0.206. The van der Waals surface area contributed by atoms with Crippen molar-refractivity contribution in [2.24, 2.45) is 0 Å². The van der Waals surface area contributed by atoms with Crippen LogP contribution in [0.4, 0.5) is 0 Å². The van der Waals surface area contributed by atoms with Gasteiger partial charge in [0, 0.05) is 4.47 Å². The minimum Gasteiger partial charge on any atom is -0.482 e. The van der Waals surface area contributed by atoms with E-state index in [1.165, 1.54) is 5.56 Å². The molecule has 0 heterocycles. The van der Waals surface area contributed by atoms with E-state index < -0.39 is 17.9 Å². The Bertz CT molecular complexity index is 818. The largest absolute Gasteiger partial charge is 0.482 e. The molecule has 2 N–H and O–H groups in total. The fourth-order valence-corrected chi connectivity index (χ4v) is 3.89. The van der Waals surface area contributed by atoms with E-state index in [1.807, 2.05) is 43.3 Å². The number of hydrazine groups is 1. The number of aryl methyl sites for hydroxylation is 2. The van der Waals surface area contributed by atoms with Crippen molar-refractivity contribution in [2.75, 3.05) is 6.61 Å². The predicted molar refractivity (Wildman–Crippen MR) is 114 cm³/mol. The van der Waals surface area contributed by atoms with Gasteiger partial charge in [-0.25, -0.2) is 0 Å². The molecule has 0 aliphatic rings. The van der Waals surface area contributed by atoms with Gasteiger partial charge < -0.3 is 9.47 Å². The van der Waals surface area contributed by atoms with Gasteiger partial charge in [0.1, 0.15) is 11.5 Å². The van der Waals surface area contributed by atoms with Gasteiger partial charge in [-0.15, -0.1) is 0 Å². The lowest BCUT2D eigenvalue weighted by atomic mass is 10.2. The number of hydrogen-bond donors (Lipinski definition) is 2. The number of carbonyl (C=O) groups excluding carboxylic acids is 2. The topological polar surface area (TPSA) is 76.7 Å². The first kappa shape index (κ1) is 22.2. The molecule has 0 aliphatic heterocycles. The molecule has 0 saturated carbocycles. The second-order valence-corrected chi connectivity index (χ2v) is 7.89. The van der Waals surface area contributed by atoms with Gasteiger partial charge in [0.15, 0.2) is 12.7 Å². The molecule has 150 valence electrons. The molecule has 2 amide bonds. The normalized spacial score (nSPS) is 11.5. The van der Waals surface area contributed by atoms with Gasteiger partial charge in [-0.1, -0.05) is 35.0 Å². The monoisotopic (exact) mass is 512 g/mol. The van der Waals surface area contributed by atoms with Crippen molar-refractivity contribution >= 4 is 43.7 Å². The van der Waals surface area contributed by atoms with E-state index in [0.29, 0.717) is 11.5 Å². The van der Waals surface area contributed by atoms with Crippen LogP contribution in [0.3, 0.4) is 0 Å². The summed E-state index contributed by atoms with van der Waals surface area (Å²) in [6.07, 6.45) is 0.164. The third kappa shape index (κ3) is 6.53. The zero-order valence-electron chi connectivity index (χ0n) is 15.8. The van der Waals surface area contributed by atoms with E-state index in [2.05, 4.69) is 49.6 Å². The third-order valence-corrected chi connectivity index (χ3v) is 4.93. The maximum Gasteiger partial charge on any atom is 0.279 e. The summed E-state index contributed by atoms with van der Waals surface area (Å²) < 4.78 is 12.7. The summed E-state index contributed by atoms with van der Waals surface area (Å²) in [5.41, 5.74) is 6.71. The second kappa shape index (κ2) is 10.5. The van der Waals surface area contributed by atoms with Gasteiger partial charge in [-0.2, -0.15) is 0 Å². The van der Waals surface area contributed by atoms with E-state index in [9.17, 15) is 9.59 Å². The average molecular weight is 514 g/mol. The minimum atomic E-state index is -0.767. The van der Waals surface area contributed by atoms with Crippen LogP contribution in [0.15, 0.2) is 45.3 Å². The maximum absolute atomic E-state index is 12.1. The fraction of sp³-hybridized carbons (Fsp3) is 0.300. The fourth-order valence-electron chi connectivity index (χ4n) is 2.34. The first-order valence-corrected chi connectivity index (χ1v) is 10.3.